The van der Waals surface area contributed by atoms with Gasteiger partial charge in [0.2, 0.25) is 0 Å². The molecular weight excluding hydrogens is 464 g/mol. The molecule has 5 unspecified atom stereocenters. The maximum Gasteiger partial charge on any atom is 0.187 e. The van der Waals surface area contributed by atoms with E-state index in [0.29, 0.717) is 23.5 Å². The summed E-state index contributed by atoms with van der Waals surface area (Å²) < 4.78 is 6.31. The van der Waals surface area contributed by atoms with Crippen LogP contribution in [0.2, 0.25) is 0 Å². The lowest BCUT2D eigenvalue weighted by Crippen LogP contribution is -2.57. The topological polar surface area (TPSA) is 26.3 Å². The van der Waals surface area contributed by atoms with Crippen molar-refractivity contribution in [3.8, 4) is 0 Å². The van der Waals surface area contributed by atoms with Crippen molar-refractivity contribution in [2.45, 2.75) is 170 Å². The quantitative estimate of drug-likeness (QED) is 0.175. The Morgan fingerprint density at radius 1 is 0.921 bits per heavy atom. The second-order valence-electron chi connectivity index (χ2n) is 13.7. The third-order valence-corrected chi connectivity index (χ3v) is 10.5. The van der Waals surface area contributed by atoms with Crippen LogP contribution in [-0.4, -0.2) is 18.0 Å². The first-order chi connectivity index (χ1) is 17.8. The first kappa shape index (κ1) is 33.3. The normalized spacial score (nSPS) is 32.7. The summed E-state index contributed by atoms with van der Waals surface area (Å²) in [5, 5.41) is 0. The monoisotopic (exact) mass is 528 g/mol. The Kier molecular flexibility index (Phi) is 13.8. The summed E-state index contributed by atoms with van der Waals surface area (Å²) in [6, 6.07) is 0. The van der Waals surface area contributed by atoms with Crippen LogP contribution in [0.3, 0.4) is 0 Å². The summed E-state index contributed by atoms with van der Waals surface area (Å²) in [6.07, 6.45) is 29.0. The summed E-state index contributed by atoms with van der Waals surface area (Å²) >= 11 is 0. The van der Waals surface area contributed by atoms with E-state index in [1.165, 1.54) is 116 Å². The van der Waals surface area contributed by atoms with Gasteiger partial charge < -0.3 is 4.74 Å². The predicted octanol–water partition coefficient (Wildman–Crippen LogP) is 11.0. The number of ether oxygens (including phenoxy) is 1. The molecule has 6 atom stereocenters. The SMILES string of the molecule is C.C=CCCCCCCCCCCCCCC.CC1C=C2C(=O)C3O[C@H](C)C4(CCCC(C)(C)C34)C2CC1. The van der Waals surface area contributed by atoms with E-state index in [9.17, 15) is 4.79 Å². The van der Waals surface area contributed by atoms with Gasteiger partial charge in [-0.2, -0.15) is 0 Å². The predicted molar refractivity (Wildman–Crippen MR) is 165 cm³/mol. The summed E-state index contributed by atoms with van der Waals surface area (Å²) in [5.74, 6) is 1.77. The highest BCUT2D eigenvalue weighted by Gasteiger charge is 2.69. The minimum absolute atomic E-state index is 0. The fourth-order valence-corrected chi connectivity index (χ4v) is 8.55. The minimum atomic E-state index is -0.164. The van der Waals surface area contributed by atoms with Crippen molar-refractivity contribution in [3.05, 3.63) is 24.3 Å². The van der Waals surface area contributed by atoms with Gasteiger partial charge in [0.1, 0.15) is 6.10 Å². The fraction of sp³-hybridized carbons (Fsp3) is 0.861. The highest BCUT2D eigenvalue weighted by atomic mass is 16.5. The van der Waals surface area contributed by atoms with Crippen molar-refractivity contribution in [1.82, 2.24) is 0 Å². The number of hydrogen-bond donors (Lipinski definition) is 0. The van der Waals surface area contributed by atoms with Crippen molar-refractivity contribution in [3.63, 3.8) is 0 Å². The summed E-state index contributed by atoms with van der Waals surface area (Å²) in [7, 11) is 0. The van der Waals surface area contributed by atoms with Crippen LogP contribution in [0.25, 0.3) is 0 Å². The number of hydrogen-bond acceptors (Lipinski definition) is 2. The molecular formula is C36H64O2. The van der Waals surface area contributed by atoms with Gasteiger partial charge in [-0.15, -0.1) is 6.58 Å². The van der Waals surface area contributed by atoms with Crippen LogP contribution >= 0.6 is 0 Å². The zero-order valence-corrected chi connectivity index (χ0v) is 25.3. The molecule has 2 bridgehead atoms. The lowest BCUT2D eigenvalue weighted by molar-refractivity contribution is -0.134. The molecule has 0 radical (unpaired) electrons. The first-order valence-corrected chi connectivity index (χ1v) is 16.3. The number of allylic oxidation sites excluding steroid dienone is 2. The van der Waals surface area contributed by atoms with E-state index in [-0.39, 0.29) is 30.5 Å². The zero-order valence-electron chi connectivity index (χ0n) is 25.3. The van der Waals surface area contributed by atoms with E-state index in [1.54, 1.807) is 0 Å². The second-order valence-corrected chi connectivity index (χ2v) is 13.7. The Labute approximate surface area is 237 Å². The molecule has 3 aliphatic carbocycles. The van der Waals surface area contributed by atoms with E-state index in [1.807, 2.05) is 6.08 Å². The molecule has 0 aromatic carbocycles. The van der Waals surface area contributed by atoms with Gasteiger partial charge in [-0.05, 0) is 68.3 Å². The maximum atomic E-state index is 13.1. The number of carbonyl (C=O) groups excluding carboxylic acids is 1. The van der Waals surface area contributed by atoms with E-state index < -0.39 is 0 Å². The molecule has 1 aliphatic heterocycles. The molecule has 1 saturated heterocycles. The van der Waals surface area contributed by atoms with Crippen molar-refractivity contribution >= 4 is 5.78 Å². The van der Waals surface area contributed by atoms with Gasteiger partial charge in [-0.25, -0.2) is 0 Å². The van der Waals surface area contributed by atoms with Crippen LogP contribution in [0.1, 0.15) is 158 Å². The van der Waals surface area contributed by atoms with Crippen LogP contribution in [0.15, 0.2) is 24.3 Å². The number of ketones is 1. The number of rotatable bonds is 13. The molecule has 2 saturated carbocycles. The molecule has 0 aromatic heterocycles. The van der Waals surface area contributed by atoms with Gasteiger partial charge in [0.15, 0.2) is 5.78 Å². The van der Waals surface area contributed by atoms with Gasteiger partial charge in [0, 0.05) is 11.3 Å². The molecule has 2 heteroatoms. The molecule has 3 fully saturated rings. The largest absolute Gasteiger partial charge is 0.366 e. The fourth-order valence-electron chi connectivity index (χ4n) is 8.55. The summed E-state index contributed by atoms with van der Waals surface area (Å²) in [5.41, 5.74) is 1.60. The van der Waals surface area contributed by atoms with E-state index in [0.717, 1.165) is 5.57 Å². The molecule has 0 N–H and O–H groups in total. The lowest BCUT2D eigenvalue weighted by atomic mass is 9.44. The Bertz CT molecular complexity index is 748. The first-order valence-electron chi connectivity index (χ1n) is 16.3. The number of fused-ring (bicyclic) bond motifs is 1. The maximum absolute atomic E-state index is 13.1. The third kappa shape index (κ3) is 7.64. The molecule has 0 spiro atoms. The number of unbranched alkanes of at least 4 members (excludes halogenated alkanes) is 12. The molecule has 38 heavy (non-hydrogen) atoms. The van der Waals surface area contributed by atoms with Crippen LogP contribution < -0.4 is 0 Å². The molecule has 0 aromatic rings. The highest BCUT2D eigenvalue weighted by Crippen LogP contribution is 2.68. The van der Waals surface area contributed by atoms with Gasteiger partial charge in [-0.1, -0.05) is 124 Å². The van der Waals surface area contributed by atoms with Crippen LogP contribution in [-0.2, 0) is 9.53 Å². The van der Waals surface area contributed by atoms with E-state index >= 15 is 0 Å². The smallest absolute Gasteiger partial charge is 0.187 e. The standard InChI is InChI=1S/C19H28O2.C16H32.CH4/c1-11-6-7-14-13(10-11)15(20)16-17-18(3,4)8-5-9-19(14,17)12(2)21-16;1-3-5-7-9-11-13-15-16-14-12-10-8-6-4-2;/h10-12,14,16-17H,5-9H2,1-4H3;3H,1,4-16H2,2H3;1H4/t11?,12-,14?,16?,17?,19?;;/m1../s1. The van der Waals surface area contributed by atoms with Gasteiger partial charge >= 0.3 is 0 Å². The Morgan fingerprint density at radius 3 is 2.08 bits per heavy atom. The van der Waals surface area contributed by atoms with Crippen molar-refractivity contribution < 1.29 is 9.53 Å². The summed E-state index contributed by atoms with van der Waals surface area (Å²) in [6.45, 7) is 15.3. The van der Waals surface area contributed by atoms with Crippen molar-refractivity contribution in [2.75, 3.05) is 0 Å². The molecule has 2 nitrogen and oxygen atoms in total. The molecule has 4 aliphatic rings. The summed E-state index contributed by atoms with van der Waals surface area (Å²) in [4.78, 5) is 13.1. The highest BCUT2D eigenvalue weighted by molar-refractivity contribution is 6.01. The van der Waals surface area contributed by atoms with E-state index in [4.69, 9.17) is 4.74 Å². The second kappa shape index (κ2) is 15.8. The zero-order chi connectivity index (χ0) is 26.9. The van der Waals surface area contributed by atoms with E-state index in [2.05, 4.69) is 47.3 Å². The molecule has 220 valence electrons. The van der Waals surface area contributed by atoms with Crippen molar-refractivity contribution in [1.29, 1.82) is 0 Å². The van der Waals surface area contributed by atoms with Crippen LogP contribution in [0.5, 0.6) is 0 Å². The number of carbonyl (C=O) groups is 1. The average molecular weight is 529 g/mol. The van der Waals surface area contributed by atoms with Crippen LogP contribution in [0.4, 0.5) is 0 Å². The third-order valence-electron chi connectivity index (χ3n) is 10.5. The van der Waals surface area contributed by atoms with Gasteiger partial charge in [0.25, 0.3) is 0 Å². The average Bonchev–Trinajstić information content (AvgIpc) is 3.15. The molecule has 4 rings (SSSR count). The minimum Gasteiger partial charge on any atom is -0.366 e. The van der Waals surface area contributed by atoms with Gasteiger partial charge in [-0.3, -0.25) is 4.79 Å². The lowest BCUT2D eigenvalue weighted by Gasteiger charge is -2.57. The Balaban J connectivity index is 0.000000272. The molecule has 1 heterocycles. The molecule has 0 amide bonds. The van der Waals surface area contributed by atoms with Crippen LogP contribution in [0, 0.1) is 28.6 Å². The Morgan fingerprint density at radius 2 is 1.50 bits per heavy atom. The number of Topliss-reactive ketones (excluding diaryl/α,β-unsaturated/α-hetero) is 1. The Hall–Kier alpha value is -0.890. The van der Waals surface area contributed by atoms with Gasteiger partial charge in [0.05, 0.1) is 6.10 Å². The van der Waals surface area contributed by atoms with Crippen molar-refractivity contribution in [2.24, 2.45) is 28.6 Å².